The van der Waals surface area contributed by atoms with Crippen LogP contribution < -0.4 is 0 Å². The van der Waals surface area contributed by atoms with Crippen LogP contribution in [0.3, 0.4) is 0 Å². The number of hydrogen-bond acceptors (Lipinski definition) is 2. The van der Waals surface area contributed by atoms with Crippen LogP contribution in [0.4, 0.5) is 0 Å². The SMILES string of the molecule is Cc1cc(C[N+](=O)[O-])cc(C)c1Br. The molecule has 0 aliphatic rings. The van der Waals surface area contributed by atoms with E-state index in [9.17, 15) is 10.1 Å². The molecule has 0 saturated carbocycles. The molecule has 0 fully saturated rings. The Balaban J connectivity index is 3.06. The molecule has 3 nitrogen and oxygen atoms in total. The zero-order chi connectivity index (χ0) is 10.0. The van der Waals surface area contributed by atoms with E-state index in [0.29, 0.717) is 0 Å². The van der Waals surface area contributed by atoms with Crippen molar-refractivity contribution in [3.63, 3.8) is 0 Å². The monoisotopic (exact) mass is 243 g/mol. The third-order valence-electron chi connectivity index (χ3n) is 1.81. The first kappa shape index (κ1) is 10.2. The normalized spacial score (nSPS) is 10.1. The van der Waals surface area contributed by atoms with Gasteiger partial charge >= 0.3 is 0 Å². The third kappa shape index (κ3) is 2.52. The van der Waals surface area contributed by atoms with E-state index in [-0.39, 0.29) is 11.5 Å². The molecule has 0 amide bonds. The first-order chi connectivity index (χ1) is 6.00. The number of benzene rings is 1. The molecule has 1 aromatic carbocycles. The van der Waals surface area contributed by atoms with Crippen molar-refractivity contribution < 1.29 is 4.92 Å². The lowest BCUT2D eigenvalue weighted by Crippen LogP contribution is -1.99. The molecular weight excluding hydrogens is 234 g/mol. The van der Waals surface area contributed by atoms with Gasteiger partial charge in [-0.15, -0.1) is 0 Å². The smallest absolute Gasteiger partial charge is 0.228 e. The van der Waals surface area contributed by atoms with E-state index in [1.165, 1.54) is 0 Å². The van der Waals surface area contributed by atoms with Crippen LogP contribution in [-0.2, 0) is 6.54 Å². The second kappa shape index (κ2) is 3.87. The van der Waals surface area contributed by atoms with Crippen molar-refractivity contribution in [1.82, 2.24) is 0 Å². The van der Waals surface area contributed by atoms with E-state index in [2.05, 4.69) is 15.9 Å². The molecule has 0 aromatic heterocycles. The van der Waals surface area contributed by atoms with E-state index >= 15 is 0 Å². The number of halogens is 1. The minimum absolute atomic E-state index is 0.102. The lowest BCUT2D eigenvalue weighted by atomic mass is 10.1. The second-order valence-corrected chi connectivity index (χ2v) is 3.83. The minimum atomic E-state index is -0.317. The van der Waals surface area contributed by atoms with Crippen LogP contribution in [-0.4, -0.2) is 4.92 Å². The van der Waals surface area contributed by atoms with Crippen LogP contribution in [0.25, 0.3) is 0 Å². The van der Waals surface area contributed by atoms with Crippen LogP contribution in [0.5, 0.6) is 0 Å². The Kier molecular flexibility index (Phi) is 3.03. The summed E-state index contributed by atoms with van der Waals surface area (Å²) in [5, 5.41) is 10.3. The van der Waals surface area contributed by atoms with Gasteiger partial charge in [0.2, 0.25) is 6.54 Å². The van der Waals surface area contributed by atoms with E-state index in [1.807, 2.05) is 26.0 Å². The van der Waals surface area contributed by atoms with Crippen LogP contribution in [0, 0.1) is 24.0 Å². The van der Waals surface area contributed by atoms with Gasteiger partial charge in [-0.05, 0) is 37.1 Å². The van der Waals surface area contributed by atoms with Gasteiger partial charge < -0.3 is 0 Å². The molecule has 0 spiro atoms. The summed E-state index contributed by atoms with van der Waals surface area (Å²) in [6.07, 6.45) is 0. The highest BCUT2D eigenvalue weighted by molar-refractivity contribution is 9.10. The van der Waals surface area contributed by atoms with Crippen LogP contribution >= 0.6 is 15.9 Å². The average molecular weight is 244 g/mol. The standard InChI is InChI=1S/C9H10BrNO2/c1-6-3-8(5-11(12)13)4-7(2)9(6)10/h3-4H,5H2,1-2H3. The maximum absolute atomic E-state index is 10.3. The Hall–Kier alpha value is -0.900. The van der Waals surface area contributed by atoms with Gasteiger partial charge in [-0.1, -0.05) is 15.9 Å². The van der Waals surface area contributed by atoms with Crippen molar-refractivity contribution in [2.24, 2.45) is 0 Å². The minimum Gasteiger partial charge on any atom is -0.264 e. The summed E-state index contributed by atoms with van der Waals surface area (Å²) < 4.78 is 1.03. The second-order valence-electron chi connectivity index (χ2n) is 3.03. The number of rotatable bonds is 2. The first-order valence-corrected chi connectivity index (χ1v) is 4.67. The van der Waals surface area contributed by atoms with Crippen molar-refractivity contribution in [3.05, 3.63) is 43.4 Å². The lowest BCUT2D eigenvalue weighted by molar-refractivity contribution is -0.496. The van der Waals surface area contributed by atoms with Crippen LogP contribution in [0.1, 0.15) is 16.7 Å². The maximum Gasteiger partial charge on any atom is 0.228 e. The van der Waals surface area contributed by atoms with Gasteiger partial charge in [0.05, 0.1) is 0 Å². The molecule has 4 heteroatoms. The van der Waals surface area contributed by atoms with Crippen molar-refractivity contribution in [2.45, 2.75) is 20.4 Å². The molecule has 1 rings (SSSR count). The molecule has 0 radical (unpaired) electrons. The number of nitro groups is 1. The van der Waals surface area contributed by atoms with Gasteiger partial charge in [-0.25, -0.2) is 0 Å². The number of aryl methyl sites for hydroxylation is 2. The Morgan fingerprint density at radius 1 is 1.38 bits per heavy atom. The molecule has 0 heterocycles. The molecule has 1 aromatic rings. The summed E-state index contributed by atoms with van der Waals surface area (Å²) in [5.74, 6) is 0. The molecule has 0 N–H and O–H groups in total. The summed E-state index contributed by atoms with van der Waals surface area (Å²) in [6.45, 7) is 3.76. The highest BCUT2D eigenvalue weighted by Crippen LogP contribution is 2.22. The summed E-state index contributed by atoms with van der Waals surface area (Å²) in [5.41, 5.74) is 2.83. The Bertz CT molecular complexity index is 326. The molecule has 0 aliphatic carbocycles. The third-order valence-corrected chi connectivity index (χ3v) is 3.06. The largest absolute Gasteiger partial charge is 0.264 e. The predicted octanol–water partition coefficient (Wildman–Crippen LogP) is 2.84. The predicted molar refractivity (Wildman–Crippen MR) is 54.3 cm³/mol. The van der Waals surface area contributed by atoms with Crippen LogP contribution in [0.2, 0.25) is 0 Å². The number of nitrogens with zero attached hydrogens (tertiary/aromatic N) is 1. The Labute approximate surface area is 85.0 Å². The fourth-order valence-corrected chi connectivity index (χ4v) is 1.50. The first-order valence-electron chi connectivity index (χ1n) is 3.88. The van der Waals surface area contributed by atoms with Gasteiger partial charge in [-0.2, -0.15) is 0 Å². The molecule has 0 aliphatic heterocycles. The maximum atomic E-state index is 10.3. The molecular formula is C9H10BrNO2. The van der Waals surface area contributed by atoms with Gasteiger partial charge in [0.1, 0.15) is 0 Å². The van der Waals surface area contributed by atoms with Gasteiger partial charge in [0, 0.05) is 15.0 Å². The molecule has 0 atom stereocenters. The highest BCUT2D eigenvalue weighted by atomic mass is 79.9. The van der Waals surface area contributed by atoms with E-state index in [4.69, 9.17) is 0 Å². The molecule has 70 valence electrons. The van der Waals surface area contributed by atoms with E-state index in [1.54, 1.807) is 0 Å². The zero-order valence-electron chi connectivity index (χ0n) is 7.50. The Morgan fingerprint density at radius 3 is 2.23 bits per heavy atom. The molecule has 0 unspecified atom stereocenters. The van der Waals surface area contributed by atoms with Crippen molar-refractivity contribution in [3.8, 4) is 0 Å². The van der Waals surface area contributed by atoms with Gasteiger partial charge in [0.25, 0.3) is 0 Å². The molecule has 0 saturated heterocycles. The van der Waals surface area contributed by atoms with Crippen molar-refractivity contribution in [1.29, 1.82) is 0 Å². The van der Waals surface area contributed by atoms with E-state index < -0.39 is 0 Å². The Morgan fingerprint density at radius 2 is 1.85 bits per heavy atom. The molecule has 13 heavy (non-hydrogen) atoms. The average Bonchev–Trinajstić information content (AvgIpc) is 1.98. The topological polar surface area (TPSA) is 43.1 Å². The van der Waals surface area contributed by atoms with E-state index in [0.717, 1.165) is 21.2 Å². The van der Waals surface area contributed by atoms with Crippen LogP contribution in [0.15, 0.2) is 16.6 Å². The highest BCUT2D eigenvalue weighted by Gasteiger charge is 2.06. The van der Waals surface area contributed by atoms with Gasteiger partial charge in [0.15, 0.2) is 0 Å². The fraction of sp³-hybridized carbons (Fsp3) is 0.333. The molecule has 0 bridgehead atoms. The summed E-state index contributed by atoms with van der Waals surface area (Å²) >= 11 is 3.41. The van der Waals surface area contributed by atoms with Crippen molar-refractivity contribution in [2.75, 3.05) is 0 Å². The zero-order valence-corrected chi connectivity index (χ0v) is 9.09. The van der Waals surface area contributed by atoms with Crippen molar-refractivity contribution >= 4 is 15.9 Å². The quantitative estimate of drug-likeness (QED) is 0.593. The number of hydrogen-bond donors (Lipinski definition) is 0. The summed E-state index contributed by atoms with van der Waals surface area (Å²) in [7, 11) is 0. The van der Waals surface area contributed by atoms with Gasteiger partial charge in [-0.3, -0.25) is 10.1 Å². The fourth-order valence-electron chi connectivity index (χ4n) is 1.28. The summed E-state index contributed by atoms with van der Waals surface area (Å²) in [4.78, 5) is 9.95. The lowest BCUT2D eigenvalue weighted by Gasteiger charge is -2.04. The summed E-state index contributed by atoms with van der Waals surface area (Å²) in [6, 6.07) is 3.67.